The molecule has 2 unspecified atom stereocenters. The average molecular weight is 234 g/mol. The summed E-state index contributed by atoms with van der Waals surface area (Å²) in [6, 6.07) is 0.131. The van der Waals surface area contributed by atoms with Crippen LogP contribution in [0.2, 0.25) is 0 Å². The van der Waals surface area contributed by atoms with Crippen molar-refractivity contribution in [3.63, 3.8) is 0 Å². The highest BCUT2D eigenvalue weighted by Gasteiger charge is 2.34. The predicted molar refractivity (Wildman–Crippen MR) is 62.0 cm³/mol. The maximum Gasteiger partial charge on any atom is 0.214 e. The fourth-order valence-electron chi connectivity index (χ4n) is 2.38. The van der Waals surface area contributed by atoms with Crippen LogP contribution >= 0.6 is 0 Å². The molecule has 5 heteroatoms. The van der Waals surface area contributed by atoms with Crippen LogP contribution in [0.15, 0.2) is 0 Å². The zero-order valence-electron chi connectivity index (χ0n) is 9.65. The second-order valence-corrected chi connectivity index (χ2v) is 6.47. The van der Waals surface area contributed by atoms with E-state index in [0.717, 1.165) is 19.3 Å². The molecular formula is C10H22N2O2S. The van der Waals surface area contributed by atoms with Crippen LogP contribution in [0.4, 0.5) is 0 Å². The summed E-state index contributed by atoms with van der Waals surface area (Å²) in [7, 11) is -1.36. The first-order valence-corrected chi connectivity index (χ1v) is 7.29. The lowest BCUT2D eigenvalue weighted by atomic mass is 10.0. The summed E-state index contributed by atoms with van der Waals surface area (Å²) in [6.45, 7) is 2.48. The Labute approximate surface area is 92.9 Å². The monoisotopic (exact) mass is 234 g/mol. The van der Waals surface area contributed by atoms with Gasteiger partial charge in [-0.25, -0.2) is 12.7 Å². The second-order valence-electron chi connectivity index (χ2n) is 4.33. The molecule has 0 heterocycles. The molecule has 4 nitrogen and oxygen atoms in total. The largest absolute Gasteiger partial charge is 0.330 e. The van der Waals surface area contributed by atoms with E-state index in [0.29, 0.717) is 18.9 Å². The van der Waals surface area contributed by atoms with Crippen molar-refractivity contribution in [1.29, 1.82) is 0 Å². The van der Waals surface area contributed by atoms with E-state index in [4.69, 9.17) is 5.73 Å². The zero-order valence-corrected chi connectivity index (χ0v) is 10.5. The van der Waals surface area contributed by atoms with Gasteiger partial charge in [0.1, 0.15) is 0 Å². The molecular weight excluding hydrogens is 212 g/mol. The van der Waals surface area contributed by atoms with Gasteiger partial charge in [0.15, 0.2) is 0 Å². The van der Waals surface area contributed by atoms with E-state index in [1.54, 1.807) is 11.4 Å². The molecule has 0 aliphatic heterocycles. The van der Waals surface area contributed by atoms with Crippen molar-refractivity contribution in [2.24, 2.45) is 11.7 Å². The molecule has 1 rings (SSSR count). The lowest BCUT2D eigenvalue weighted by Crippen LogP contribution is -2.42. The van der Waals surface area contributed by atoms with Crippen LogP contribution in [0, 0.1) is 5.92 Å². The van der Waals surface area contributed by atoms with Crippen LogP contribution in [-0.2, 0) is 10.0 Å². The molecule has 2 atom stereocenters. The maximum absolute atomic E-state index is 11.9. The Hall–Kier alpha value is -0.130. The van der Waals surface area contributed by atoms with Gasteiger partial charge in [0.25, 0.3) is 0 Å². The third-order valence-electron chi connectivity index (χ3n) is 3.29. The number of nitrogens with zero attached hydrogens (tertiary/aromatic N) is 1. The first-order valence-electron chi connectivity index (χ1n) is 5.68. The van der Waals surface area contributed by atoms with Crippen molar-refractivity contribution in [1.82, 2.24) is 4.31 Å². The summed E-state index contributed by atoms with van der Waals surface area (Å²) in [5, 5.41) is 0. The van der Waals surface area contributed by atoms with Gasteiger partial charge in [-0.05, 0) is 31.7 Å². The SMILES string of the molecule is CCCS(=O)(=O)N(C)C1CCCC1CN. The average Bonchev–Trinajstić information content (AvgIpc) is 2.63. The fourth-order valence-corrected chi connectivity index (χ4v) is 3.87. The van der Waals surface area contributed by atoms with E-state index < -0.39 is 10.0 Å². The summed E-state index contributed by atoms with van der Waals surface area (Å²) in [4.78, 5) is 0. The van der Waals surface area contributed by atoms with Crippen LogP contribution in [0.5, 0.6) is 0 Å². The molecule has 0 aromatic carbocycles. The zero-order chi connectivity index (χ0) is 11.5. The van der Waals surface area contributed by atoms with Crippen molar-refractivity contribution in [3.8, 4) is 0 Å². The Kier molecular flexibility index (Phi) is 4.55. The van der Waals surface area contributed by atoms with Gasteiger partial charge in [-0.3, -0.25) is 0 Å². The predicted octanol–water partition coefficient (Wildman–Crippen LogP) is 0.785. The van der Waals surface area contributed by atoms with Crippen LogP contribution in [-0.4, -0.2) is 38.1 Å². The standard InChI is InChI=1S/C10H22N2O2S/c1-3-7-15(13,14)12(2)10-6-4-5-9(10)8-11/h9-10H,3-8,11H2,1-2H3. The van der Waals surface area contributed by atoms with Crippen LogP contribution in [0.3, 0.4) is 0 Å². The normalized spacial score (nSPS) is 27.5. The molecule has 0 spiro atoms. The first kappa shape index (κ1) is 12.9. The number of hydrogen-bond acceptors (Lipinski definition) is 3. The molecule has 0 radical (unpaired) electrons. The van der Waals surface area contributed by atoms with Gasteiger partial charge < -0.3 is 5.73 Å². The van der Waals surface area contributed by atoms with E-state index in [1.165, 1.54) is 0 Å². The van der Waals surface area contributed by atoms with Crippen LogP contribution in [0.25, 0.3) is 0 Å². The summed E-state index contributed by atoms with van der Waals surface area (Å²) in [5.74, 6) is 0.596. The Morgan fingerprint density at radius 1 is 1.40 bits per heavy atom. The minimum absolute atomic E-state index is 0.131. The fraction of sp³-hybridized carbons (Fsp3) is 1.00. The third-order valence-corrected chi connectivity index (χ3v) is 5.36. The van der Waals surface area contributed by atoms with E-state index in [1.807, 2.05) is 6.92 Å². The van der Waals surface area contributed by atoms with Gasteiger partial charge in [-0.2, -0.15) is 0 Å². The molecule has 15 heavy (non-hydrogen) atoms. The molecule has 0 aromatic rings. The smallest absolute Gasteiger partial charge is 0.214 e. The lowest BCUT2D eigenvalue weighted by Gasteiger charge is -2.28. The van der Waals surface area contributed by atoms with Gasteiger partial charge in [-0.1, -0.05) is 13.3 Å². The number of nitrogens with two attached hydrogens (primary N) is 1. The van der Waals surface area contributed by atoms with E-state index in [9.17, 15) is 8.42 Å². The molecule has 1 aliphatic carbocycles. The third kappa shape index (κ3) is 2.92. The molecule has 0 amide bonds. The van der Waals surface area contributed by atoms with E-state index in [-0.39, 0.29) is 11.8 Å². The lowest BCUT2D eigenvalue weighted by molar-refractivity contribution is 0.304. The van der Waals surface area contributed by atoms with Gasteiger partial charge in [-0.15, -0.1) is 0 Å². The first-order chi connectivity index (χ1) is 7.03. The molecule has 0 aromatic heterocycles. The van der Waals surface area contributed by atoms with Crippen molar-refractivity contribution in [3.05, 3.63) is 0 Å². The molecule has 1 aliphatic rings. The molecule has 0 bridgehead atoms. The second kappa shape index (κ2) is 5.27. The Bertz CT molecular complexity index is 290. The molecule has 1 saturated carbocycles. The van der Waals surface area contributed by atoms with Crippen molar-refractivity contribution < 1.29 is 8.42 Å². The van der Waals surface area contributed by atoms with Crippen molar-refractivity contribution >= 4 is 10.0 Å². The van der Waals surface area contributed by atoms with E-state index >= 15 is 0 Å². The summed E-state index contributed by atoms with van der Waals surface area (Å²) < 4.78 is 25.3. The molecule has 1 fully saturated rings. The number of sulfonamides is 1. The molecule has 0 saturated heterocycles. The van der Waals surface area contributed by atoms with Gasteiger partial charge in [0.2, 0.25) is 10.0 Å². The van der Waals surface area contributed by atoms with Gasteiger partial charge in [0.05, 0.1) is 5.75 Å². The van der Waals surface area contributed by atoms with Crippen LogP contribution in [0.1, 0.15) is 32.6 Å². The van der Waals surface area contributed by atoms with Crippen molar-refractivity contribution in [2.75, 3.05) is 19.3 Å². The number of rotatable bonds is 5. The Morgan fingerprint density at radius 2 is 2.07 bits per heavy atom. The highest BCUT2D eigenvalue weighted by Crippen LogP contribution is 2.30. The minimum atomic E-state index is -3.06. The summed E-state index contributed by atoms with van der Waals surface area (Å²) >= 11 is 0. The highest BCUT2D eigenvalue weighted by atomic mass is 32.2. The highest BCUT2D eigenvalue weighted by molar-refractivity contribution is 7.89. The van der Waals surface area contributed by atoms with Crippen molar-refractivity contribution in [2.45, 2.75) is 38.6 Å². The molecule has 90 valence electrons. The van der Waals surface area contributed by atoms with Crippen LogP contribution < -0.4 is 5.73 Å². The maximum atomic E-state index is 11.9. The summed E-state index contributed by atoms with van der Waals surface area (Å²) in [6.07, 6.45) is 3.79. The number of hydrogen-bond donors (Lipinski definition) is 1. The Morgan fingerprint density at radius 3 is 2.60 bits per heavy atom. The topological polar surface area (TPSA) is 63.4 Å². The summed E-state index contributed by atoms with van der Waals surface area (Å²) in [5.41, 5.74) is 5.66. The van der Waals surface area contributed by atoms with Gasteiger partial charge in [0, 0.05) is 13.1 Å². The van der Waals surface area contributed by atoms with E-state index in [2.05, 4.69) is 0 Å². The van der Waals surface area contributed by atoms with Gasteiger partial charge >= 0.3 is 0 Å². The minimum Gasteiger partial charge on any atom is -0.330 e. The molecule has 2 N–H and O–H groups in total. The Balaban J connectivity index is 2.71. The quantitative estimate of drug-likeness (QED) is 0.765.